The van der Waals surface area contributed by atoms with Crippen molar-refractivity contribution in [3.05, 3.63) is 64.8 Å². The number of carboxylic acids is 1. The number of rotatable bonds is 7. The molecule has 0 spiro atoms. The molecule has 2 aromatic heterocycles. The number of aromatic carboxylic acids is 1. The number of carboxylic acid groups (broad SMARTS) is 1. The maximum atomic E-state index is 12.6. The van der Waals surface area contributed by atoms with Crippen LogP contribution in [0.1, 0.15) is 28.5 Å². The maximum Gasteiger partial charge on any atom is 0.337 e. The molecule has 7 nitrogen and oxygen atoms in total. The van der Waals surface area contributed by atoms with E-state index in [1.807, 2.05) is 37.3 Å². The third kappa shape index (κ3) is 4.52. The molecule has 3 aromatic rings. The molecule has 3 rings (SSSR count). The number of aromatic hydroxyl groups is 1. The topological polar surface area (TPSA) is 104 Å². The lowest BCUT2D eigenvalue weighted by Crippen LogP contribution is -2.31. The maximum absolute atomic E-state index is 12.6. The second-order valence-electron chi connectivity index (χ2n) is 6.11. The molecule has 0 atom stereocenters. The van der Waals surface area contributed by atoms with Crippen LogP contribution in [0.25, 0.3) is 10.7 Å². The van der Waals surface area contributed by atoms with Crippen molar-refractivity contribution in [2.45, 2.75) is 19.9 Å². The molecule has 8 heteroatoms. The number of nitrogens with zero attached hydrogens (tertiary/aromatic N) is 3. The summed E-state index contributed by atoms with van der Waals surface area (Å²) >= 11 is 1.24. The van der Waals surface area contributed by atoms with Gasteiger partial charge in [0.2, 0.25) is 5.91 Å². The van der Waals surface area contributed by atoms with E-state index < -0.39 is 5.97 Å². The van der Waals surface area contributed by atoms with Crippen LogP contribution in [0.3, 0.4) is 0 Å². The highest BCUT2D eigenvalue weighted by Crippen LogP contribution is 2.30. The van der Waals surface area contributed by atoms with Gasteiger partial charge in [-0.05, 0) is 18.6 Å². The van der Waals surface area contributed by atoms with Gasteiger partial charge in [-0.1, -0.05) is 30.3 Å². The molecule has 0 radical (unpaired) electrons. The SMILES string of the molecule is CCN(Cc1ccccc1)C(=O)Cc1csc(-c2ncc(C(=O)O)cc2O)n1. The largest absolute Gasteiger partial charge is 0.506 e. The van der Waals surface area contributed by atoms with Gasteiger partial charge in [0.05, 0.1) is 17.7 Å². The number of carbonyl (C=O) groups is 2. The molecule has 144 valence electrons. The fraction of sp³-hybridized carbons (Fsp3) is 0.200. The highest BCUT2D eigenvalue weighted by atomic mass is 32.1. The van der Waals surface area contributed by atoms with Gasteiger partial charge < -0.3 is 15.1 Å². The fourth-order valence-corrected chi connectivity index (χ4v) is 3.50. The third-order valence-electron chi connectivity index (χ3n) is 4.15. The van der Waals surface area contributed by atoms with Crippen LogP contribution >= 0.6 is 11.3 Å². The predicted octanol–water partition coefficient (Wildman–Crippen LogP) is 3.20. The third-order valence-corrected chi connectivity index (χ3v) is 5.05. The molecule has 0 aliphatic heterocycles. The summed E-state index contributed by atoms with van der Waals surface area (Å²) in [7, 11) is 0. The molecular formula is C20H19N3O4S. The highest BCUT2D eigenvalue weighted by Gasteiger charge is 2.17. The lowest BCUT2D eigenvalue weighted by Gasteiger charge is -2.20. The van der Waals surface area contributed by atoms with Crippen LogP contribution in [-0.4, -0.2) is 43.5 Å². The van der Waals surface area contributed by atoms with E-state index in [9.17, 15) is 14.7 Å². The Morgan fingerprint density at radius 1 is 1.21 bits per heavy atom. The average Bonchev–Trinajstić information content (AvgIpc) is 3.14. The normalized spacial score (nSPS) is 10.6. The standard InChI is InChI=1S/C20H19N3O4S/c1-2-23(11-13-6-4-3-5-7-13)17(25)9-15-12-28-19(22-15)18-16(24)8-14(10-21-18)20(26)27/h3-8,10,12,24H,2,9,11H2,1H3,(H,26,27). The van der Waals surface area contributed by atoms with Crippen molar-refractivity contribution in [2.24, 2.45) is 0 Å². The second kappa shape index (κ2) is 8.62. The van der Waals surface area contributed by atoms with Gasteiger partial charge in [0.1, 0.15) is 16.5 Å². The molecule has 0 aliphatic carbocycles. The molecule has 0 saturated heterocycles. The van der Waals surface area contributed by atoms with Crippen molar-refractivity contribution in [1.82, 2.24) is 14.9 Å². The second-order valence-corrected chi connectivity index (χ2v) is 6.97. The van der Waals surface area contributed by atoms with Gasteiger partial charge >= 0.3 is 5.97 Å². The van der Waals surface area contributed by atoms with Crippen LogP contribution in [0.15, 0.2) is 48.0 Å². The fourth-order valence-electron chi connectivity index (χ4n) is 2.68. The van der Waals surface area contributed by atoms with Crippen LogP contribution < -0.4 is 0 Å². The number of aromatic nitrogens is 2. The van der Waals surface area contributed by atoms with E-state index >= 15 is 0 Å². The zero-order valence-corrected chi connectivity index (χ0v) is 16.0. The van der Waals surface area contributed by atoms with E-state index in [4.69, 9.17) is 5.11 Å². The molecule has 0 bridgehead atoms. The first-order valence-electron chi connectivity index (χ1n) is 8.66. The summed E-state index contributed by atoms with van der Waals surface area (Å²) in [5, 5.41) is 21.2. The number of hydrogen-bond donors (Lipinski definition) is 2. The van der Waals surface area contributed by atoms with E-state index in [0.717, 1.165) is 11.6 Å². The van der Waals surface area contributed by atoms with Crippen LogP contribution in [0.4, 0.5) is 0 Å². The van der Waals surface area contributed by atoms with Crippen LogP contribution in [0.5, 0.6) is 5.75 Å². The van der Waals surface area contributed by atoms with Crippen molar-refractivity contribution in [2.75, 3.05) is 6.54 Å². The Kier molecular flexibility index (Phi) is 6.00. The molecular weight excluding hydrogens is 378 g/mol. The number of benzene rings is 1. The van der Waals surface area contributed by atoms with Crippen molar-refractivity contribution < 1.29 is 19.8 Å². The molecule has 28 heavy (non-hydrogen) atoms. The van der Waals surface area contributed by atoms with Crippen molar-refractivity contribution in [1.29, 1.82) is 0 Å². The molecule has 0 aliphatic rings. The van der Waals surface area contributed by atoms with Crippen LogP contribution in [0, 0.1) is 0 Å². The van der Waals surface area contributed by atoms with Crippen LogP contribution in [0.2, 0.25) is 0 Å². The molecule has 2 N–H and O–H groups in total. The van der Waals surface area contributed by atoms with Crippen molar-refractivity contribution in [3.8, 4) is 16.5 Å². The van der Waals surface area contributed by atoms with E-state index in [2.05, 4.69) is 9.97 Å². The number of likely N-dealkylation sites (N-methyl/N-ethyl adjacent to an activating group) is 1. The summed E-state index contributed by atoms with van der Waals surface area (Å²) < 4.78 is 0. The Labute approximate surface area is 165 Å². The number of thiazole rings is 1. The van der Waals surface area contributed by atoms with Crippen molar-refractivity contribution >= 4 is 23.2 Å². The smallest absolute Gasteiger partial charge is 0.337 e. The summed E-state index contributed by atoms with van der Waals surface area (Å²) in [6.07, 6.45) is 1.31. The van der Waals surface area contributed by atoms with Crippen LogP contribution in [-0.2, 0) is 17.8 Å². The number of hydrogen-bond acceptors (Lipinski definition) is 6. The summed E-state index contributed by atoms with van der Waals surface area (Å²) in [5.74, 6) is -1.47. The van der Waals surface area contributed by atoms with Gasteiger partial charge in [-0.15, -0.1) is 11.3 Å². The lowest BCUT2D eigenvalue weighted by molar-refractivity contribution is -0.130. The molecule has 0 saturated carbocycles. The number of amides is 1. The first-order valence-corrected chi connectivity index (χ1v) is 9.54. The van der Waals surface area contributed by atoms with E-state index in [1.54, 1.807) is 10.3 Å². The Balaban J connectivity index is 1.71. The molecule has 0 unspecified atom stereocenters. The Bertz CT molecular complexity index is 988. The molecule has 2 heterocycles. The molecule has 1 amide bonds. The van der Waals surface area contributed by atoms with Crippen molar-refractivity contribution in [3.63, 3.8) is 0 Å². The summed E-state index contributed by atoms with van der Waals surface area (Å²) in [5.41, 5.74) is 1.74. The van der Waals surface area contributed by atoms with E-state index in [-0.39, 0.29) is 29.3 Å². The van der Waals surface area contributed by atoms with Gasteiger partial charge in [0, 0.05) is 24.7 Å². The van der Waals surface area contributed by atoms with E-state index in [0.29, 0.717) is 23.8 Å². The highest BCUT2D eigenvalue weighted by molar-refractivity contribution is 7.13. The van der Waals surface area contributed by atoms with Gasteiger partial charge in [-0.3, -0.25) is 4.79 Å². The number of carbonyl (C=O) groups excluding carboxylic acids is 1. The number of pyridine rings is 1. The zero-order chi connectivity index (χ0) is 20.1. The van der Waals surface area contributed by atoms with Gasteiger partial charge in [-0.25, -0.2) is 14.8 Å². The minimum Gasteiger partial charge on any atom is -0.506 e. The summed E-state index contributed by atoms with van der Waals surface area (Å²) in [6, 6.07) is 10.9. The molecule has 1 aromatic carbocycles. The average molecular weight is 397 g/mol. The summed E-state index contributed by atoms with van der Waals surface area (Å²) in [4.78, 5) is 33.7. The Morgan fingerprint density at radius 2 is 1.96 bits per heavy atom. The molecule has 0 fully saturated rings. The minimum atomic E-state index is -1.17. The Morgan fingerprint density at radius 3 is 2.61 bits per heavy atom. The zero-order valence-electron chi connectivity index (χ0n) is 15.2. The first kappa shape index (κ1) is 19.5. The minimum absolute atomic E-state index is 0.0402. The van der Waals surface area contributed by atoms with Gasteiger partial charge in [0.25, 0.3) is 0 Å². The monoisotopic (exact) mass is 397 g/mol. The quantitative estimate of drug-likeness (QED) is 0.635. The van der Waals surface area contributed by atoms with E-state index in [1.165, 1.54) is 17.5 Å². The Hall–Kier alpha value is -3.26. The van der Waals surface area contributed by atoms with Gasteiger partial charge in [0.15, 0.2) is 0 Å². The predicted molar refractivity (Wildman–Crippen MR) is 105 cm³/mol. The first-order chi connectivity index (χ1) is 13.5. The summed E-state index contributed by atoms with van der Waals surface area (Å²) in [6.45, 7) is 3.05. The lowest BCUT2D eigenvalue weighted by atomic mass is 10.2. The van der Waals surface area contributed by atoms with Gasteiger partial charge in [-0.2, -0.15) is 0 Å².